The van der Waals surface area contributed by atoms with Gasteiger partial charge in [-0.2, -0.15) is 0 Å². The van der Waals surface area contributed by atoms with E-state index < -0.39 is 0 Å². The van der Waals surface area contributed by atoms with Crippen LogP contribution in [0.2, 0.25) is 0 Å². The van der Waals surface area contributed by atoms with Crippen LogP contribution in [0.15, 0.2) is 35.3 Å². The number of benzene rings is 1. The molecule has 0 spiro atoms. The molecule has 4 rings (SSSR count). The zero-order chi connectivity index (χ0) is 27.1. The molecule has 3 heterocycles. The molecule has 9 heteroatoms. The number of aryl methyl sites for hydroxylation is 1. The van der Waals surface area contributed by atoms with E-state index in [0.29, 0.717) is 44.4 Å². The van der Waals surface area contributed by atoms with Crippen molar-refractivity contribution in [2.24, 2.45) is 5.92 Å². The smallest absolute Gasteiger partial charge is 0.323 e. The Bertz CT molecular complexity index is 1280. The van der Waals surface area contributed by atoms with Crippen LogP contribution in [0.5, 0.6) is 0 Å². The lowest BCUT2D eigenvalue weighted by Crippen LogP contribution is -2.40. The Balaban J connectivity index is 1.54. The Labute approximate surface area is 223 Å². The van der Waals surface area contributed by atoms with Crippen LogP contribution in [0.3, 0.4) is 0 Å². The zero-order valence-electron chi connectivity index (χ0n) is 22.9. The van der Waals surface area contributed by atoms with Crippen molar-refractivity contribution >= 4 is 17.0 Å². The lowest BCUT2D eigenvalue weighted by molar-refractivity contribution is -0.156. The van der Waals surface area contributed by atoms with Gasteiger partial charge in [-0.1, -0.05) is 19.9 Å². The summed E-state index contributed by atoms with van der Waals surface area (Å²) in [6.07, 6.45) is 4.80. The van der Waals surface area contributed by atoms with Gasteiger partial charge in [-0.25, -0.2) is 4.98 Å². The van der Waals surface area contributed by atoms with Gasteiger partial charge in [0.15, 0.2) is 0 Å². The number of aromatic nitrogens is 3. The minimum atomic E-state index is -0.366. The number of carbonyl (C=O) groups excluding carboxylic acids is 1. The van der Waals surface area contributed by atoms with Crippen molar-refractivity contribution in [2.45, 2.75) is 71.7 Å². The van der Waals surface area contributed by atoms with E-state index in [1.165, 1.54) is 0 Å². The predicted octanol–water partition coefficient (Wildman–Crippen LogP) is 3.96. The third kappa shape index (κ3) is 7.09. The number of H-pyrrole nitrogens is 1. The molecule has 1 aliphatic heterocycles. The number of carbonyl (C=O) groups is 1. The topological polar surface area (TPSA) is 107 Å². The summed E-state index contributed by atoms with van der Waals surface area (Å²) in [6.45, 7) is 9.09. The van der Waals surface area contributed by atoms with Gasteiger partial charge in [-0.3, -0.25) is 9.59 Å². The summed E-state index contributed by atoms with van der Waals surface area (Å²) in [6, 6.07) is 7.66. The van der Waals surface area contributed by atoms with Crippen LogP contribution in [0.4, 0.5) is 0 Å². The minimum absolute atomic E-state index is 0.0676. The number of pyridine rings is 1. The molecule has 0 bridgehead atoms. The van der Waals surface area contributed by atoms with E-state index in [9.17, 15) is 9.59 Å². The fourth-order valence-electron chi connectivity index (χ4n) is 4.73. The first-order valence-corrected chi connectivity index (χ1v) is 13.5. The summed E-state index contributed by atoms with van der Waals surface area (Å²) in [5.74, 6) is 1.09. The highest BCUT2D eigenvalue weighted by Gasteiger charge is 2.25. The van der Waals surface area contributed by atoms with Gasteiger partial charge in [0.25, 0.3) is 5.56 Å². The van der Waals surface area contributed by atoms with Crippen molar-refractivity contribution in [2.75, 3.05) is 26.9 Å². The van der Waals surface area contributed by atoms with E-state index >= 15 is 0 Å². The summed E-state index contributed by atoms with van der Waals surface area (Å²) in [5.41, 5.74) is 4.25. The van der Waals surface area contributed by atoms with Crippen molar-refractivity contribution in [3.8, 4) is 11.4 Å². The second kappa shape index (κ2) is 13.2. The van der Waals surface area contributed by atoms with Gasteiger partial charge in [0.2, 0.25) is 0 Å². The number of aromatic amines is 1. The normalized spacial score (nSPS) is 15.3. The molecule has 3 aromatic rings. The molecule has 2 aromatic heterocycles. The van der Waals surface area contributed by atoms with Gasteiger partial charge in [-0.15, -0.1) is 0 Å². The average Bonchev–Trinajstić information content (AvgIpc) is 3.27. The van der Waals surface area contributed by atoms with E-state index in [2.05, 4.69) is 46.9 Å². The van der Waals surface area contributed by atoms with Crippen LogP contribution < -0.4 is 10.9 Å². The summed E-state index contributed by atoms with van der Waals surface area (Å²) >= 11 is 0. The quantitative estimate of drug-likeness (QED) is 0.345. The minimum Gasteiger partial charge on any atom is -0.461 e. The summed E-state index contributed by atoms with van der Waals surface area (Å²) in [4.78, 5) is 32.7. The van der Waals surface area contributed by atoms with Crippen LogP contribution in [0.25, 0.3) is 22.4 Å². The molecule has 2 N–H and O–H groups in total. The summed E-state index contributed by atoms with van der Waals surface area (Å²) < 4.78 is 18.7. The number of hydrogen-bond acceptors (Lipinski definition) is 7. The lowest BCUT2D eigenvalue weighted by Gasteiger charge is -2.25. The molecule has 1 aromatic carbocycles. The molecule has 0 radical (unpaired) electrons. The van der Waals surface area contributed by atoms with Crippen LogP contribution in [-0.4, -0.2) is 59.6 Å². The van der Waals surface area contributed by atoms with E-state index in [1.54, 1.807) is 20.2 Å². The van der Waals surface area contributed by atoms with Gasteiger partial charge >= 0.3 is 5.97 Å². The van der Waals surface area contributed by atoms with E-state index in [0.717, 1.165) is 53.7 Å². The van der Waals surface area contributed by atoms with Crippen molar-refractivity contribution < 1.29 is 19.0 Å². The van der Waals surface area contributed by atoms with Gasteiger partial charge in [0.1, 0.15) is 18.0 Å². The molecule has 1 atom stereocenters. The number of methoxy groups -OCH3 is 1. The number of nitrogens with one attached hydrogen (secondary N) is 2. The van der Waals surface area contributed by atoms with E-state index in [-0.39, 0.29) is 23.7 Å². The number of ether oxygens (including phenoxy) is 3. The highest BCUT2D eigenvalue weighted by Crippen LogP contribution is 2.26. The Morgan fingerprint density at radius 2 is 2.03 bits per heavy atom. The Kier molecular flexibility index (Phi) is 9.71. The van der Waals surface area contributed by atoms with Crippen molar-refractivity contribution in [3.05, 3.63) is 51.9 Å². The van der Waals surface area contributed by atoms with Crippen molar-refractivity contribution in [1.82, 2.24) is 19.9 Å². The first-order chi connectivity index (χ1) is 18.4. The highest BCUT2D eigenvalue weighted by atomic mass is 16.6. The summed E-state index contributed by atoms with van der Waals surface area (Å²) in [7, 11) is 1.68. The van der Waals surface area contributed by atoms with E-state index in [1.807, 2.05) is 6.07 Å². The predicted molar refractivity (Wildman–Crippen MR) is 147 cm³/mol. The molecule has 9 nitrogen and oxygen atoms in total. The molecular formula is C29H40N4O5. The molecule has 1 fully saturated rings. The molecule has 0 aliphatic carbocycles. The fraction of sp³-hybridized carbons (Fsp3) is 0.552. The monoisotopic (exact) mass is 524 g/mol. The molecule has 1 saturated heterocycles. The second-order valence-corrected chi connectivity index (χ2v) is 10.5. The molecule has 0 unspecified atom stereocenters. The third-order valence-corrected chi connectivity index (χ3v) is 7.00. The molecule has 0 amide bonds. The number of fused-ring (bicyclic) bond motifs is 1. The first kappa shape index (κ1) is 28.0. The first-order valence-electron chi connectivity index (χ1n) is 13.5. The standard InChI is InChI=1S/C29H40N4O5/c1-19(2)5-7-24(29(35)38-23-9-12-37-13-10-23)30-17-21-6-8-26-25(16-21)32-27(33(26)11-14-36-4)22-15-20(3)28(34)31-18-22/h6,8,15-16,18-19,23-24,30H,5,7,9-14,17H2,1-4H3,(H,31,34)/t24-/m0/s1. The second-order valence-electron chi connectivity index (χ2n) is 10.5. The van der Waals surface area contributed by atoms with Crippen LogP contribution in [0, 0.1) is 12.8 Å². The molecule has 38 heavy (non-hydrogen) atoms. The average molecular weight is 525 g/mol. The van der Waals surface area contributed by atoms with Crippen LogP contribution in [-0.2, 0) is 32.1 Å². The zero-order valence-corrected chi connectivity index (χ0v) is 22.9. The summed E-state index contributed by atoms with van der Waals surface area (Å²) in [5, 5.41) is 3.45. The Morgan fingerprint density at radius 3 is 2.74 bits per heavy atom. The SMILES string of the molecule is COCCn1c(-c2c[nH]c(=O)c(C)c2)nc2cc(CN[C@@H](CCC(C)C)C(=O)OC3CCOCC3)ccc21. The molecule has 206 valence electrons. The van der Waals surface area contributed by atoms with Crippen LogP contribution in [0.1, 0.15) is 50.7 Å². The maximum Gasteiger partial charge on any atom is 0.323 e. The van der Waals surface area contributed by atoms with E-state index in [4.69, 9.17) is 19.2 Å². The van der Waals surface area contributed by atoms with Gasteiger partial charge in [0.05, 0.1) is 30.9 Å². The Morgan fingerprint density at radius 1 is 1.24 bits per heavy atom. The number of esters is 1. The lowest BCUT2D eigenvalue weighted by atomic mass is 10.0. The van der Waals surface area contributed by atoms with Crippen molar-refractivity contribution in [1.29, 1.82) is 0 Å². The molecular weight excluding hydrogens is 484 g/mol. The maximum absolute atomic E-state index is 13.0. The highest BCUT2D eigenvalue weighted by molar-refractivity contribution is 5.81. The number of rotatable bonds is 12. The number of imidazole rings is 1. The number of nitrogens with zero attached hydrogens (tertiary/aromatic N) is 2. The maximum atomic E-state index is 13.0. The van der Waals surface area contributed by atoms with Crippen LogP contribution >= 0.6 is 0 Å². The van der Waals surface area contributed by atoms with Gasteiger partial charge < -0.3 is 29.1 Å². The molecule has 0 saturated carbocycles. The third-order valence-electron chi connectivity index (χ3n) is 7.00. The number of hydrogen-bond donors (Lipinski definition) is 2. The van der Waals surface area contributed by atoms with Crippen molar-refractivity contribution in [3.63, 3.8) is 0 Å². The van der Waals surface area contributed by atoms with Gasteiger partial charge in [0, 0.05) is 50.4 Å². The largest absolute Gasteiger partial charge is 0.461 e. The fourth-order valence-corrected chi connectivity index (χ4v) is 4.73. The van der Waals surface area contributed by atoms with Gasteiger partial charge in [-0.05, 0) is 49.4 Å². The Hall–Kier alpha value is -3.01. The molecule has 1 aliphatic rings.